The number of rotatable bonds is 10. The van der Waals surface area contributed by atoms with Crippen molar-refractivity contribution < 1.29 is 14.7 Å². The van der Waals surface area contributed by atoms with Crippen molar-refractivity contribution in [2.45, 2.75) is 78.7 Å². The van der Waals surface area contributed by atoms with E-state index in [0.717, 1.165) is 42.9 Å². The van der Waals surface area contributed by atoms with Gasteiger partial charge in [0.15, 0.2) is 0 Å². The molecule has 1 aliphatic carbocycles. The van der Waals surface area contributed by atoms with Gasteiger partial charge in [0, 0.05) is 32.0 Å². The summed E-state index contributed by atoms with van der Waals surface area (Å²) in [5.41, 5.74) is 3.20. The van der Waals surface area contributed by atoms with Gasteiger partial charge in [-0.15, -0.1) is 0 Å². The van der Waals surface area contributed by atoms with Crippen molar-refractivity contribution in [3.63, 3.8) is 0 Å². The van der Waals surface area contributed by atoms with E-state index in [-0.39, 0.29) is 18.4 Å². The minimum absolute atomic E-state index is 0.0567. The smallest absolute Gasteiger partial charge is 0.303 e. The maximum atomic E-state index is 12.0. The Morgan fingerprint density at radius 3 is 2.38 bits per heavy atom. The fourth-order valence-electron chi connectivity index (χ4n) is 4.15. The molecule has 0 saturated heterocycles. The number of nitrogens with zero attached hydrogens (tertiary/aromatic N) is 1. The topological polar surface area (TPSA) is 69.6 Å². The quantitative estimate of drug-likeness (QED) is 0.555. The van der Waals surface area contributed by atoms with Crippen molar-refractivity contribution in [2.75, 3.05) is 23.3 Å². The first-order valence-electron chi connectivity index (χ1n) is 11.0. The van der Waals surface area contributed by atoms with E-state index >= 15 is 0 Å². The number of nitrogens with one attached hydrogen (secondary N) is 1. The van der Waals surface area contributed by atoms with Crippen LogP contribution in [-0.2, 0) is 9.59 Å². The van der Waals surface area contributed by atoms with Crippen LogP contribution < -0.4 is 10.2 Å². The van der Waals surface area contributed by atoms with Gasteiger partial charge in [0.2, 0.25) is 0 Å². The number of carbonyl (C=O) groups is 2. The zero-order valence-electron chi connectivity index (χ0n) is 18.7. The van der Waals surface area contributed by atoms with Crippen LogP contribution in [0.15, 0.2) is 18.2 Å². The number of Topliss-reactive ketones (excluding diaryl/α,β-unsaturated/α-hetero) is 1. The maximum absolute atomic E-state index is 12.0. The summed E-state index contributed by atoms with van der Waals surface area (Å²) in [7, 11) is 0. The van der Waals surface area contributed by atoms with Crippen molar-refractivity contribution in [3.05, 3.63) is 23.8 Å². The molecule has 0 radical (unpaired) electrons. The SMILES string of the molecule is CC(C)CN(CC(C)C)c1ccc(C(C)CC(=O)O)cc1NC1CCCC(=O)C1. The highest BCUT2D eigenvalue weighted by molar-refractivity contribution is 5.81. The van der Waals surface area contributed by atoms with Crippen molar-refractivity contribution in [3.8, 4) is 0 Å². The molecule has 2 rings (SSSR count). The summed E-state index contributed by atoms with van der Waals surface area (Å²) in [6, 6.07) is 6.45. The predicted octanol–water partition coefficient (Wildman–Crippen LogP) is 5.31. The van der Waals surface area contributed by atoms with E-state index in [9.17, 15) is 14.7 Å². The van der Waals surface area contributed by atoms with Gasteiger partial charge >= 0.3 is 5.97 Å². The average molecular weight is 403 g/mol. The van der Waals surface area contributed by atoms with Gasteiger partial charge in [-0.05, 0) is 48.3 Å². The van der Waals surface area contributed by atoms with E-state index < -0.39 is 5.97 Å². The van der Waals surface area contributed by atoms with Gasteiger partial charge < -0.3 is 15.3 Å². The standard InChI is InChI=1S/C24H38N2O3/c1-16(2)14-26(15-17(3)4)23-10-9-19(18(5)11-24(28)29)12-22(23)25-20-7-6-8-21(27)13-20/h9-10,12,16-18,20,25H,6-8,11,13-15H2,1-5H3,(H,28,29). The van der Waals surface area contributed by atoms with E-state index in [1.54, 1.807) is 0 Å². The van der Waals surface area contributed by atoms with Crippen LogP contribution in [0.3, 0.4) is 0 Å². The lowest BCUT2D eigenvalue weighted by atomic mass is 9.93. The van der Waals surface area contributed by atoms with Crippen LogP contribution in [0.5, 0.6) is 0 Å². The summed E-state index contributed by atoms with van der Waals surface area (Å²) >= 11 is 0. The molecule has 1 saturated carbocycles. The van der Waals surface area contributed by atoms with Crippen molar-refractivity contribution in [2.24, 2.45) is 11.8 Å². The number of carboxylic acids is 1. The van der Waals surface area contributed by atoms with Crippen molar-refractivity contribution in [1.29, 1.82) is 0 Å². The van der Waals surface area contributed by atoms with Crippen LogP contribution in [0.2, 0.25) is 0 Å². The molecule has 0 spiro atoms. The number of ketones is 1. The Kier molecular flexibility index (Phi) is 8.54. The van der Waals surface area contributed by atoms with E-state index in [1.165, 1.54) is 0 Å². The normalized spacial score (nSPS) is 18.2. The molecule has 0 aromatic heterocycles. The van der Waals surface area contributed by atoms with Gasteiger partial charge in [0.1, 0.15) is 5.78 Å². The lowest BCUT2D eigenvalue weighted by Crippen LogP contribution is -2.33. The molecule has 1 aliphatic rings. The molecule has 162 valence electrons. The molecule has 0 amide bonds. The van der Waals surface area contributed by atoms with Gasteiger partial charge in [0.25, 0.3) is 0 Å². The molecule has 5 nitrogen and oxygen atoms in total. The molecule has 2 atom stereocenters. The summed E-state index contributed by atoms with van der Waals surface area (Å²) in [5, 5.41) is 12.8. The largest absolute Gasteiger partial charge is 0.481 e. The van der Waals surface area contributed by atoms with Crippen LogP contribution in [-0.4, -0.2) is 36.0 Å². The number of hydrogen-bond acceptors (Lipinski definition) is 4. The van der Waals surface area contributed by atoms with E-state index in [2.05, 4.69) is 56.1 Å². The molecule has 2 unspecified atom stereocenters. The van der Waals surface area contributed by atoms with Gasteiger partial charge in [-0.2, -0.15) is 0 Å². The molecule has 0 bridgehead atoms. The van der Waals surface area contributed by atoms with Gasteiger partial charge in [-0.1, -0.05) is 40.7 Å². The fourth-order valence-corrected chi connectivity index (χ4v) is 4.15. The number of hydrogen-bond donors (Lipinski definition) is 2. The molecule has 1 aromatic rings. The number of anilines is 2. The van der Waals surface area contributed by atoms with Gasteiger partial charge in [-0.25, -0.2) is 0 Å². The Labute approximate surface area is 175 Å². The summed E-state index contributed by atoms with van der Waals surface area (Å²) in [6.07, 6.45) is 3.30. The second-order valence-electron chi connectivity index (χ2n) is 9.44. The molecule has 1 aromatic carbocycles. The molecular weight excluding hydrogens is 364 g/mol. The first-order valence-corrected chi connectivity index (χ1v) is 11.0. The monoisotopic (exact) mass is 402 g/mol. The Morgan fingerprint density at radius 1 is 1.17 bits per heavy atom. The lowest BCUT2D eigenvalue weighted by molar-refractivity contribution is -0.137. The molecule has 1 fully saturated rings. The first kappa shape index (κ1) is 23.2. The second kappa shape index (κ2) is 10.7. The Morgan fingerprint density at radius 2 is 1.83 bits per heavy atom. The minimum atomic E-state index is -0.782. The lowest BCUT2D eigenvalue weighted by Gasteiger charge is -2.33. The third-order valence-corrected chi connectivity index (χ3v) is 5.42. The van der Waals surface area contributed by atoms with Crippen molar-refractivity contribution in [1.82, 2.24) is 0 Å². The molecular formula is C24H38N2O3. The fraction of sp³-hybridized carbons (Fsp3) is 0.667. The van der Waals surface area contributed by atoms with Crippen LogP contribution in [0.4, 0.5) is 11.4 Å². The molecule has 2 N–H and O–H groups in total. The highest BCUT2D eigenvalue weighted by Crippen LogP contribution is 2.34. The maximum Gasteiger partial charge on any atom is 0.303 e. The number of aliphatic carboxylic acids is 1. The third-order valence-electron chi connectivity index (χ3n) is 5.42. The molecule has 0 heterocycles. The summed E-state index contributed by atoms with van der Waals surface area (Å²) < 4.78 is 0. The van der Waals surface area contributed by atoms with Gasteiger partial charge in [-0.3, -0.25) is 9.59 Å². The van der Waals surface area contributed by atoms with Crippen LogP contribution in [0.25, 0.3) is 0 Å². The highest BCUT2D eigenvalue weighted by atomic mass is 16.4. The summed E-state index contributed by atoms with van der Waals surface area (Å²) in [4.78, 5) is 25.6. The average Bonchev–Trinajstić information content (AvgIpc) is 2.59. The Balaban J connectivity index is 2.38. The van der Waals surface area contributed by atoms with Crippen LogP contribution in [0.1, 0.15) is 78.2 Å². The Hall–Kier alpha value is -2.04. The van der Waals surface area contributed by atoms with Crippen LogP contribution in [0, 0.1) is 11.8 Å². The molecule has 5 heteroatoms. The van der Waals surface area contributed by atoms with Crippen LogP contribution >= 0.6 is 0 Å². The summed E-state index contributed by atoms with van der Waals surface area (Å²) in [5.74, 6) is 0.549. The van der Waals surface area contributed by atoms with Gasteiger partial charge in [0.05, 0.1) is 17.8 Å². The van der Waals surface area contributed by atoms with Crippen molar-refractivity contribution >= 4 is 23.1 Å². The van der Waals surface area contributed by atoms with E-state index in [1.807, 2.05) is 6.92 Å². The number of benzene rings is 1. The number of carbonyl (C=O) groups excluding carboxylic acids is 1. The highest BCUT2D eigenvalue weighted by Gasteiger charge is 2.23. The minimum Gasteiger partial charge on any atom is -0.481 e. The third kappa shape index (κ3) is 7.37. The zero-order chi connectivity index (χ0) is 21.6. The second-order valence-corrected chi connectivity index (χ2v) is 9.44. The zero-order valence-corrected chi connectivity index (χ0v) is 18.7. The van der Waals surface area contributed by atoms with E-state index in [4.69, 9.17) is 0 Å². The molecule has 0 aliphatic heterocycles. The first-order chi connectivity index (χ1) is 13.7. The molecule has 29 heavy (non-hydrogen) atoms. The van der Waals surface area contributed by atoms with E-state index in [0.29, 0.717) is 30.5 Å². The Bertz CT molecular complexity index is 689. The predicted molar refractivity (Wildman–Crippen MR) is 120 cm³/mol. The number of carboxylic acid groups (broad SMARTS) is 1. The summed E-state index contributed by atoms with van der Waals surface area (Å²) in [6.45, 7) is 12.8.